The molecule has 1 fully saturated rings. The quantitative estimate of drug-likeness (QED) is 0.873. The van der Waals surface area contributed by atoms with Gasteiger partial charge in [-0.1, -0.05) is 30.9 Å². The molecule has 0 spiro atoms. The molecule has 2 rings (SSSR count). The molecule has 0 atom stereocenters. The van der Waals surface area contributed by atoms with Crippen molar-refractivity contribution in [2.75, 3.05) is 19.5 Å². The number of hydrogen-bond donors (Lipinski definition) is 2. The average Bonchev–Trinajstić information content (AvgIpc) is 2.48. The zero-order chi connectivity index (χ0) is 15.3. The lowest BCUT2D eigenvalue weighted by atomic mass is 9.79. The van der Waals surface area contributed by atoms with Gasteiger partial charge in [-0.25, -0.2) is 0 Å². The maximum absolute atomic E-state index is 12.3. The molecule has 1 aliphatic rings. The molecule has 1 aliphatic carbocycles. The number of carbonyl (C=O) groups excluding carboxylic acids is 1. The Labute approximate surface area is 131 Å². The first-order valence-corrected chi connectivity index (χ1v) is 7.79. The molecule has 1 aromatic rings. The van der Waals surface area contributed by atoms with Crippen molar-refractivity contribution in [3.05, 3.63) is 23.2 Å². The number of benzene rings is 1. The van der Waals surface area contributed by atoms with Gasteiger partial charge in [0.25, 0.3) is 0 Å². The first kappa shape index (κ1) is 16.1. The van der Waals surface area contributed by atoms with E-state index in [9.17, 15) is 4.79 Å². The van der Waals surface area contributed by atoms with Gasteiger partial charge in [0.1, 0.15) is 5.75 Å². The van der Waals surface area contributed by atoms with E-state index < -0.39 is 0 Å². The number of ether oxygens (including phenoxy) is 1. The van der Waals surface area contributed by atoms with Crippen LogP contribution >= 0.6 is 11.6 Å². The van der Waals surface area contributed by atoms with Gasteiger partial charge in [-0.05, 0) is 38.1 Å². The number of rotatable bonds is 5. The summed E-state index contributed by atoms with van der Waals surface area (Å²) in [5.41, 5.74) is 0.645. The zero-order valence-electron chi connectivity index (χ0n) is 12.7. The van der Waals surface area contributed by atoms with E-state index in [2.05, 4.69) is 10.6 Å². The number of amides is 1. The third-order valence-corrected chi connectivity index (χ3v) is 4.57. The van der Waals surface area contributed by atoms with E-state index in [1.165, 1.54) is 19.3 Å². The SMILES string of the molecule is CNC1(CC(=O)Nc2ccc(OC)c(Cl)c2)CCCCC1. The molecule has 0 heterocycles. The van der Waals surface area contributed by atoms with Gasteiger partial charge >= 0.3 is 0 Å². The molecule has 2 N–H and O–H groups in total. The highest BCUT2D eigenvalue weighted by atomic mass is 35.5. The van der Waals surface area contributed by atoms with Crippen LogP contribution in [0.3, 0.4) is 0 Å². The van der Waals surface area contributed by atoms with Crippen molar-refractivity contribution in [1.82, 2.24) is 5.32 Å². The van der Waals surface area contributed by atoms with Crippen LogP contribution in [0, 0.1) is 0 Å². The van der Waals surface area contributed by atoms with Crippen LogP contribution < -0.4 is 15.4 Å². The molecule has 1 aromatic carbocycles. The van der Waals surface area contributed by atoms with E-state index in [0.717, 1.165) is 12.8 Å². The van der Waals surface area contributed by atoms with E-state index in [1.54, 1.807) is 25.3 Å². The fourth-order valence-corrected chi connectivity index (χ4v) is 3.26. The van der Waals surface area contributed by atoms with Crippen molar-refractivity contribution in [3.8, 4) is 5.75 Å². The first-order valence-electron chi connectivity index (χ1n) is 7.41. The highest BCUT2D eigenvalue weighted by molar-refractivity contribution is 6.32. The highest BCUT2D eigenvalue weighted by Gasteiger charge is 2.32. The minimum Gasteiger partial charge on any atom is -0.495 e. The molecule has 0 saturated heterocycles. The van der Waals surface area contributed by atoms with Crippen molar-refractivity contribution >= 4 is 23.2 Å². The third kappa shape index (κ3) is 4.11. The molecule has 0 unspecified atom stereocenters. The average molecular weight is 311 g/mol. The van der Waals surface area contributed by atoms with E-state index in [0.29, 0.717) is 22.9 Å². The predicted molar refractivity (Wildman–Crippen MR) is 86.1 cm³/mol. The Balaban J connectivity index is 1.99. The van der Waals surface area contributed by atoms with Gasteiger partial charge in [-0.2, -0.15) is 0 Å². The monoisotopic (exact) mass is 310 g/mol. The maximum atomic E-state index is 12.3. The molecule has 5 heteroatoms. The Morgan fingerprint density at radius 1 is 1.33 bits per heavy atom. The minimum atomic E-state index is -0.0569. The summed E-state index contributed by atoms with van der Waals surface area (Å²) in [6, 6.07) is 5.27. The van der Waals surface area contributed by atoms with Crippen LogP contribution in [-0.2, 0) is 4.79 Å². The molecule has 0 aromatic heterocycles. The van der Waals surface area contributed by atoms with E-state index in [4.69, 9.17) is 16.3 Å². The highest BCUT2D eigenvalue weighted by Crippen LogP contribution is 2.32. The van der Waals surface area contributed by atoms with Gasteiger partial charge in [0.2, 0.25) is 5.91 Å². The fourth-order valence-electron chi connectivity index (χ4n) is 3.00. The second kappa shape index (κ2) is 7.14. The fraction of sp³-hybridized carbons (Fsp3) is 0.562. The summed E-state index contributed by atoms with van der Waals surface area (Å²) in [5, 5.41) is 6.77. The number of methoxy groups -OCH3 is 1. The maximum Gasteiger partial charge on any atom is 0.226 e. The van der Waals surface area contributed by atoms with E-state index in [1.807, 2.05) is 7.05 Å². The molecule has 116 valence electrons. The van der Waals surface area contributed by atoms with Gasteiger partial charge in [-0.3, -0.25) is 4.79 Å². The minimum absolute atomic E-state index is 0.0208. The number of nitrogens with one attached hydrogen (secondary N) is 2. The van der Waals surface area contributed by atoms with Crippen molar-refractivity contribution in [1.29, 1.82) is 0 Å². The number of anilines is 1. The second-order valence-electron chi connectivity index (χ2n) is 5.67. The lowest BCUT2D eigenvalue weighted by Crippen LogP contribution is -2.47. The second-order valence-corrected chi connectivity index (χ2v) is 6.07. The van der Waals surface area contributed by atoms with Crippen LogP contribution in [0.15, 0.2) is 18.2 Å². The summed E-state index contributed by atoms with van der Waals surface area (Å²) in [5.74, 6) is 0.626. The predicted octanol–water partition coefficient (Wildman–Crippen LogP) is 3.60. The molecule has 1 amide bonds. The molecule has 0 bridgehead atoms. The summed E-state index contributed by atoms with van der Waals surface area (Å²) in [4.78, 5) is 12.3. The van der Waals surface area contributed by atoms with Gasteiger partial charge in [0.05, 0.1) is 12.1 Å². The summed E-state index contributed by atoms with van der Waals surface area (Å²) >= 11 is 6.07. The molecular formula is C16H23ClN2O2. The van der Waals surface area contributed by atoms with Gasteiger partial charge < -0.3 is 15.4 Å². The standard InChI is InChI=1S/C16H23ClN2O2/c1-18-16(8-4-3-5-9-16)11-15(20)19-12-6-7-14(21-2)13(17)10-12/h6-7,10,18H,3-5,8-9,11H2,1-2H3,(H,19,20). The van der Waals surface area contributed by atoms with Crippen LogP contribution in [0.25, 0.3) is 0 Å². The molecule has 0 radical (unpaired) electrons. The smallest absolute Gasteiger partial charge is 0.226 e. The Morgan fingerprint density at radius 3 is 2.62 bits per heavy atom. The Kier molecular flexibility index (Phi) is 5.48. The van der Waals surface area contributed by atoms with Crippen LogP contribution in [0.2, 0.25) is 5.02 Å². The lowest BCUT2D eigenvalue weighted by molar-refractivity contribution is -0.117. The Morgan fingerprint density at radius 2 is 2.05 bits per heavy atom. The molecule has 0 aliphatic heterocycles. The summed E-state index contributed by atoms with van der Waals surface area (Å²) < 4.78 is 5.11. The van der Waals surface area contributed by atoms with E-state index >= 15 is 0 Å². The van der Waals surface area contributed by atoms with Crippen molar-refractivity contribution in [2.24, 2.45) is 0 Å². The number of hydrogen-bond acceptors (Lipinski definition) is 3. The number of halogens is 1. The van der Waals surface area contributed by atoms with Crippen molar-refractivity contribution in [3.63, 3.8) is 0 Å². The summed E-state index contributed by atoms with van der Waals surface area (Å²) in [7, 11) is 3.52. The van der Waals surface area contributed by atoms with Gasteiger partial charge in [-0.15, -0.1) is 0 Å². The normalized spacial score (nSPS) is 17.3. The Hall–Kier alpha value is -1.26. The number of carbonyl (C=O) groups is 1. The van der Waals surface area contributed by atoms with Crippen LogP contribution in [0.1, 0.15) is 38.5 Å². The molecule has 4 nitrogen and oxygen atoms in total. The third-order valence-electron chi connectivity index (χ3n) is 4.28. The van der Waals surface area contributed by atoms with Gasteiger partial charge in [0, 0.05) is 17.6 Å². The molecule has 1 saturated carbocycles. The van der Waals surface area contributed by atoms with Crippen molar-refractivity contribution < 1.29 is 9.53 Å². The Bertz CT molecular complexity index is 499. The summed E-state index contributed by atoms with van der Waals surface area (Å²) in [6.45, 7) is 0. The lowest BCUT2D eigenvalue weighted by Gasteiger charge is -2.36. The van der Waals surface area contributed by atoms with Crippen LogP contribution in [0.4, 0.5) is 5.69 Å². The van der Waals surface area contributed by atoms with Crippen LogP contribution in [0.5, 0.6) is 5.75 Å². The summed E-state index contributed by atoms with van der Waals surface area (Å²) in [6.07, 6.45) is 6.23. The van der Waals surface area contributed by atoms with Gasteiger partial charge in [0.15, 0.2) is 0 Å². The topological polar surface area (TPSA) is 50.4 Å². The molecule has 21 heavy (non-hydrogen) atoms. The van der Waals surface area contributed by atoms with Crippen LogP contribution in [-0.4, -0.2) is 25.6 Å². The first-order chi connectivity index (χ1) is 10.1. The molecular weight excluding hydrogens is 288 g/mol. The zero-order valence-corrected chi connectivity index (χ0v) is 13.4. The van der Waals surface area contributed by atoms with Crippen molar-refractivity contribution in [2.45, 2.75) is 44.1 Å². The largest absolute Gasteiger partial charge is 0.495 e. The van der Waals surface area contributed by atoms with E-state index in [-0.39, 0.29) is 11.4 Å².